The van der Waals surface area contributed by atoms with Gasteiger partial charge in [-0.25, -0.2) is 13.2 Å². The van der Waals surface area contributed by atoms with Crippen LogP contribution >= 0.6 is 0 Å². The van der Waals surface area contributed by atoms with Gasteiger partial charge in [0, 0.05) is 0 Å². The van der Waals surface area contributed by atoms with Gasteiger partial charge in [0.25, 0.3) is 0 Å². The fourth-order valence-electron chi connectivity index (χ4n) is 0.429. The molecule has 0 amide bonds. The van der Waals surface area contributed by atoms with Crippen molar-refractivity contribution < 1.29 is 13.2 Å². The Kier molecular flexibility index (Phi) is 3.55. The second-order valence-corrected chi connectivity index (χ2v) is 1.47. The summed E-state index contributed by atoms with van der Waals surface area (Å²) >= 11 is 0. The molecule has 0 saturated heterocycles. The molecule has 0 heterocycles. The molecule has 0 aromatic heterocycles. The van der Waals surface area contributed by atoms with Gasteiger partial charge in [-0.3, -0.25) is 0 Å². The van der Waals surface area contributed by atoms with Crippen LogP contribution in [0.5, 0.6) is 0 Å². The van der Waals surface area contributed by atoms with Crippen LogP contribution in [0.1, 0.15) is 0 Å². The van der Waals surface area contributed by atoms with Gasteiger partial charge < -0.3 is 0 Å². The van der Waals surface area contributed by atoms with E-state index in [2.05, 4.69) is 6.07 Å². The van der Waals surface area contributed by atoms with Crippen LogP contribution in [-0.2, 0) is 0 Å². The molecule has 0 atom stereocenters. The quantitative estimate of drug-likeness (QED) is 0.375. The Morgan fingerprint density at radius 3 is 1.70 bits per heavy atom. The van der Waals surface area contributed by atoms with E-state index in [4.69, 9.17) is 0 Å². The van der Waals surface area contributed by atoms with Gasteiger partial charge in [0.1, 0.15) is 0 Å². The van der Waals surface area contributed by atoms with E-state index in [1.54, 1.807) is 0 Å². The number of hydrogen-bond donors (Lipinski definition) is 0. The molecule has 1 radical (unpaired) electrons. The van der Waals surface area contributed by atoms with E-state index in [1.807, 2.05) is 0 Å². The molecule has 0 N–H and O–H groups in total. The van der Waals surface area contributed by atoms with Gasteiger partial charge in [-0.2, -0.15) is 0 Å². The molecule has 1 rings (SSSR count). The summed E-state index contributed by atoms with van der Waals surface area (Å²) in [5.41, 5.74) is 0. The van der Waals surface area contributed by atoms with Crippen LogP contribution in [0.25, 0.3) is 0 Å². The first-order valence-electron chi connectivity index (χ1n) is 2.22. The molecule has 0 fully saturated rings. The van der Waals surface area contributed by atoms with Crippen LogP contribution in [0.4, 0.5) is 13.2 Å². The first-order chi connectivity index (χ1) is 4.22. The summed E-state index contributed by atoms with van der Waals surface area (Å²) in [5.74, 6) is -3.88. The van der Waals surface area contributed by atoms with Crippen molar-refractivity contribution in [3.05, 3.63) is 35.7 Å². The van der Waals surface area contributed by atoms with E-state index >= 15 is 0 Å². The Labute approximate surface area is 68.2 Å². The van der Waals surface area contributed by atoms with Gasteiger partial charge in [0.05, 0.1) is 0 Å². The van der Waals surface area contributed by atoms with E-state index in [-0.39, 0.29) is 18.9 Å². The van der Waals surface area contributed by atoms with Gasteiger partial charge >= 0.3 is 18.9 Å². The molecule has 0 aliphatic heterocycles. The monoisotopic (exact) mass is 139 g/mol. The Hall–Kier alpha value is -0.393. The minimum atomic E-state index is -1.45. The predicted molar refractivity (Wildman–Crippen MR) is 32.3 cm³/mol. The Bertz CT molecular complexity index is 204. The summed E-state index contributed by atoms with van der Waals surface area (Å²) in [4.78, 5) is 0. The van der Waals surface area contributed by atoms with E-state index in [9.17, 15) is 13.2 Å². The Morgan fingerprint density at radius 1 is 1.00 bits per heavy atom. The van der Waals surface area contributed by atoms with E-state index in [0.29, 0.717) is 0 Å². The molecule has 0 unspecified atom stereocenters. The topological polar surface area (TPSA) is 0 Å². The number of rotatable bonds is 0. The zero-order valence-corrected chi connectivity index (χ0v) is 4.29. The average molecular weight is 139 g/mol. The van der Waals surface area contributed by atoms with Crippen LogP contribution < -0.4 is 0 Å². The van der Waals surface area contributed by atoms with Gasteiger partial charge in [-0.1, -0.05) is 0 Å². The molecular formula is C6H3F3Li. The van der Waals surface area contributed by atoms with Crippen molar-refractivity contribution in [3.8, 4) is 0 Å². The van der Waals surface area contributed by atoms with Crippen molar-refractivity contribution in [2.45, 2.75) is 0 Å². The van der Waals surface area contributed by atoms with Crippen molar-refractivity contribution in [1.82, 2.24) is 0 Å². The summed E-state index contributed by atoms with van der Waals surface area (Å²) in [7, 11) is 0. The predicted octanol–water partition coefficient (Wildman–Crippen LogP) is 1.26. The second kappa shape index (κ2) is 3.70. The van der Waals surface area contributed by atoms with Crippen molar-refractivity contribution in [2.24, 2.45) is 0 Å². The molecule has 0 aliphatic rings. The van der Waals surface area contributed by atoms with Gasteiger partial charge in [-0.15, -0.1) is 0 Å². The normalized spacial score (nSPS) is 8.70. The molecule has 1 aromatic rings. The number of benzene rings is 1. The molecule has 0 saturated carbocycles. The SMILES string of the molecule is Fc1c[c]cc(F)c1F.[LiH]. The van der Waals surface area contributed by atoms with Crippen molar-refractivity contribution in [1.29, 1.82) is 0 Å². The van der Waals surface area contributed by atoms with Crippen LogP contribution in [0.3, 0.4) is 0 Å². The fraction of sp³-hybridized carbons (Fsp3) is 0. The van der Waals surface area contributed by atoms with E-state index in [0.717, 1.165) is 12.1 Å². The van der Waals surface area contributed by atoms with Crippen LogP contribution in [0.2, 0.25) is 0 Å². The second-order valence-electron chi connectivity index (χ2n) is 1.47. The Balaban J connectivity index is 0.000000810. The van der Waals surface area contributed by atoms with Crippen molar-refractivity contribution in [2.75, 3.05) is 0 Å². The molecule has 49 valence electrons. The van der Waals surface area contributed by atoms with Crippen molar-refractivity contribution >= 4 is 18.9 Å². The third-order valence-electron chi connectivity index (χ3n) is 0.839. The van der Waals surface area contributed by atoms with Crippen molar-refractivity contribution in [3.63, 3.8) is 0 Å². The molecule has 0 aliphatic carbocycles. The fourth-order valence-corrected chi connectivity index (χ4v) is 0.429. The molecule has 10 heavy (non-hydrogen) atoms. The molecule has 1 aromatic carbocycles. The van der Waals surface area contributed by atoms with E-state index in [1.165, 1.54) is 0 Å². The van der Waals surface area contributed by atoms with Crippen LogP contribution in [-0.4, -0.2) is 18.9 Å². The summed E-state index contributed by atoms with van der Waals surface area (Å²) < 4.78 is 35.8. The minimum absolute atomic E-state index is 0. The number of halogens is 3. The molecular weight excluding hydrogens is 136 g/mol. The van der Waals surface area contributed by atoms with Crippen LogP contribution in [0.15, 0.2) is 12.1 Å². The number of hydrogen-bond acceptors (Lipinski definition) is 0. The molecule has 0 nitrogen and oxygen atoms in total. The summed E-state index contributed by atoms with van der Waals surface area (Å²) in [5, 5.41) is 0. The third-order valence-corrected chi connectivity index (χ3v) is 0.839. The first kappa shape index (κ1) is 9.61. The standard InChI is InChI=1S/C6H2F3.Li.H/c7-4-2-1-3-5(8)6(4)9;;/h2-3H;;. The van der Waals surface area contributed by atoms with Gasteiger partial charge in [0.2, 0.25) is 0 Å². The zero-order valence-electron chi connectivity index (χ0n) is 4.29. The molecule has 0 bridgehead atoms. The van der Waals surface area contributed by atoms with E-state index < -0.39 is 17.5 Å². The van der Waals surface area contributed by atoms with Crippen LogP contribution in [0, 0.1) is 23.5 Å². The van der Waals surface area contributed by atoms with Gasteiger partial charge in [0.15, 0.2) is 17.5 Å². The maximum absolute atomic E-state index is 12.0. The molecule has 4 heteroatoms. The maximum atomic E-state index is 12.0. The summed E-state index contributed by atoms with van der Waals surface area (Å²) in [6.07, 6.45) is 0. The summed E-state index contributed by atoms with van der Waals surface area (Å²) in [6, 6.07) is 3.55. The summed E-state index contributed by atoms with van der Waals surface area (Å²) in [6.45, 7) is 0. The van der Waals surface area contributed by atoms with Gasteiger partial charge in [-0.05, 0) is 18.2 Å². The zero-order chi connectivity index (χ0) is 6.85. The average Bonchev–Trinajstić information content (AvgIpc) is 1.83. The Morgan fingerprint density at radius 2 is 1.40 bits per heavy atom. The third kappa shape index (κ3) is 1.79. The first-order valence-corrected chi connectivity index (χ1v) is 2.22. The molecule has 0 spiro atoms.